The molecule has 3 amide bonds. The van der Waals surface area contributed by atoms with Crippen LogP contribution in [0.4, 0.5) is 14.4 Å². The molecule has 0 aromatic heterocycles. The molecule has 328 valence electrons. The molecule has 0 spiro atoms. The van der Waals surface area contributed by atoms with Gasteiger partial charge < -0.3 is 24.1 Å². The van der Waals surface area contributed by atoms with Gasteiger partial charge in [-0.3, -0.25) is 4.90 Å². The Morgan fingerprint density at radius 2 is 1.05 bits per heavy atom. The van der Waals surface area contributed by atoms with Gasteiger partial charge in [0.25, 0.3) is 0 Å². The van der Waals surface area contributed by atoms with Gasteiger partial charge in [0.05, 0.1) is 5.60 Å². The van der Waals surface area contributed by atoms with Crippen molar-refractivity contribution in [3.8, 4) is 0 Å². The Balaban J connectivity index is 1.80. The van der Waals surface area contributed by atoms with Crippen molar-refractivity contribution >= 4 is 18.3 Å². The second-order valence-electron chi connectivity index (χ2n) is 18.4. The highest BCUT2D eigenvalue weighted by molar-refractivity contribution is 5.88. The molecule has 0 aliphatic heterocycles. The van der Waals surface area contributed by atoms with Crippen molar-refractivity contribution in [2.75, 3.05) is 13.1 Å². The molecule has 10 nitrogen and oxygen atoms in total. The van der Waals surface area contributed by atoms with Gasteiger partial charge in [0, 0.05) is 13.1 Å². The van der Waals surface area contributed by atoms with Crippen LogP contribution in [0.25, 0.3) is 0 Å². The molecule has 0 heterocycles. The van der Waals surface area contributed by atoms with Crippen LogP contribution in [0, 0.1) is 5.92 Å². The van der Waals surface area contributed by atoms with Gasteiger partial charge in [-0.2, -0.15) is 0 Å². The Hall–Kier alpha value is -2.07. The topological polar surface area (TPSA) is 115 Å². The van der Waals surface area contributed by atoms with Crippen LogP contribution < -0.4 is 0 Å². The summed E-state index contributed by atoms with van der Waals surface area (Å²) in [5, 5.41) is 11.0. The first-order valence-corrected chi connectivity index (χ1v) is 23.2. The molecular formula is C46H86N2O8. The third-order valence-electron chi connectivity index (χ3n) is 13.2. The number of unbranched alkanes of at least 4 members (excludes halogenated alkanes) is 12. The van der Waals surface area contributed by atoms with Crippen molar-refractivity contribution in [2.24, 2.45) is 5.92 Å². The lowest BCUT2D eigenvalue weighted by molar-refractivity contribution is -0.236. The highest BCUT2D eigenvalue weighted by Gasteiger charge is 2.42. The molecular weight excluding hydrogens is 709 g/mol. The first-order chi connectivity index (χ1) is 26.6. The number of ether oxygens (including phenoxy) is 4. The van der Waals surface area contributed by atoms with Gasteiger partial charge in [-0.05, 0) is 124 Å². The number of aliphatic hydroxyl groups excluding tert-OH is 1. The van der Waals surface area contributed by atoms with Crippen molar-refractivity contribution in [1.82, 2.24) is 9.80 Å². The average molecular weight is 795 g/mol. The normalized spacial score (nSPS) is 17.7. The quantitative estimate of drug-likeness (QED) is 0.0473. The molecule has 2 rings (SSSR count). The van der Waals surface area contributed by atoms with Crippen molar-refractivity contribution in [1.29, 1.82) is 0 Å². The Bertz CT molecular complexity index is 1080. The van der Waals surface area contributed by atoms with E-state index in [9.17, 15) is 19.5 Å². The maximum atomic E-state index is 13.5. The van der Waals surface area contributed by atoms with Crippen LogP contribution in [0.15, 0.2) is 0 Å². The third-order valence-corrected chi connectivity index (χ3v) is 13.2. The molecule has 0 aromatic rings. The van der Waals surface area contributed by atoms with E-state index < -0.39 is 47.1 Å². The van der Waals surface area contributed by atoms with E-state index in [-0.39, 0.29) is 5.92 Å². The molecule has 0 radical (unpaired) electrons. The fourth-order valence-corrected chi connectivity index (χ4v) is 8.13. The Morgan fingerprint density at radius 3 is 1.50 bits per heavy atom. The number of amides is 3. The number of hydrogen-bond donors (Lipinski definition) is 1. The number of carbonyl (C=O) groups is 3. The molecule has 2 aliphatic rings. The minimum atomic E-state index is -1.36. The second-order valence-corrected chi connectivity index (χ2v) is 18.4. The number of imide groups is 1. The van der Waals surface area contributed by atoms with Crippen LogP contribution in [0.2, 0.25) is 0 Å². The summed E-state index contributed by atoms with van der Waals surface area (Å²) in [6, 6.07) is 0. The molecule has 2 atom stereocenters. The van der Waals surface area contributed by atoms with Crippen molar-refractivity contribution in [3.05, 3.63) is 0 Å². The zero-order valence-electron chi connectivity index (χ0n) is 37.7. The zero-order chi connectivity index (χ0) is 41.7. The minimum absolute atomic E-state index is 0.134. The van der Waals surface area contributed by atoms with Crippen LogP contribution in [0.1, 0.15) is 229 Å². The van der Waals surface area contributed by atoms with Crippen molar-refractivity contribution in [3.63, 3.8) is 0 Å². The fraction of sp³-hybridized carbons (Fsp3) is 0.935. The van der Waals surface area contributed by atoms with E-state index in [0.717, 1.165) is 135 Å². The summed E-state index contributed by atoms with van der Waals surface area (Å²) in [6.07, 6.45) is 22.6. The zero-order valence-corrected chi connectivity index (χ0v) is 37.7. The van der Waals surface area contributed by atoms with E-state index in [0.29, 0.717) is 19.5 Å². The number of aliphatic hydroxyl groups is 1. The van der Waals surface area contributed by atoms with Crippen LogP contribution >= 0.6 is 0 Å². The van der Waals surface area contributed by atoms with Gasteiger partial charge in [0.15, 0.2) is 0 Å². The summed E-state index contributed by atoms with van der Waals surface area (Å²) < 4.78 is 24.1. The van der Waals surface area contributed by atoms with E-state index >= 15 is 0 Å². The van der Waals surface area contributed by atoms with E-state index in [1.807, 2.05) is 34.6 Å². The largest absolute Gasteiger partial charge is 0.443 e. The fourth-order valence-electron chi connectivity index (χ4n) is 8.13. The first-order valence-electron chi connectivity index (χ1n) is 23.2. The van der Waals surface area contributed by atoms with E-state index in [2.05, 4.69) is 27.7 Å². The number of rotatable bonds is 28. The van der Waals surface area contributed by atoms with E-state index in [1.165, 1.54) is 35.5 Å². The summed E-state index contributed by atoms with van der Waals surface area (Å²) in [7, 11) is 0. The van der Waals surface area contributed by atoms with E-state index in [1.54, 1.807) is 0 Å². The summed E-state index contributed by atoms with van der Waals surface area (Å²) >= 11 is 0. The highest BCUT2D eigenvalue weighted by Crippen LogP contribution is 2.38. The lowest BCUT2D eigenvalue weighted by Crippen LogP contribution is -2.49. The summed E-state index contributed by atoms with van der Waals surface area (Å²) in [5.74, 6) is 0.134. The maximum Gasteiger partial charge on any atom is 0.419 e. The predicted octanol–water partition coefficient (Wildman–Crippen LogP) is 13.2. The Kier molecular flexibility index (Phi) is 22.7. The van der Waals surface area contributed by atoms with Gasteiger partial charge in [-0.25, -0.2) is 19.3 Å². The minimum Gasteiger partial charge on any atom is -0.443 e. The van der Waals surface area contributed by atoms with Crippen LogP contribution in [0.5, 0.6) is 0 Å². The van der Waals surface area contributed by atoms with Crippen LogP contribution in [-0.2, 0) is 18.9 Å². The average Bonchev–Trinajstić information content (AvgIpc) is 3.83. The molecule has 1 N–H and O–H groups in total. The second kappa shape index (κ2) is 25.4. The Labute approximate surface area is 342 Å². The highest BCUT2D eigenvalue weighted by atomic mass is 16.7. The molecule has 0 saturated heterocycles. The SMILES string of the molecule is CCCCCCCCCN(C(=O)OC(C)(C)C(C)CCCCCCCCCN(C(=O)OC1(CC)CCCC1)C(=O)OC1(CC)CCCC1)C(O)OC(C)(C)CC. The molecule has 2 unspecified atom stereocenters. The lowest BCUT2D eigenvalue weighted by Gasteiger charge is -2.37. The maximum absolute atomic E-state index is 13.5. The van der Waals surface area contributed by atoms with Crippen LogP contribution in [0.3, 0.4) is 0 Å². The predicted molar refractivity (Wildman–Crippen MR) is 225 cm³/mol. The number of carbonyl (C=O) groups excluding carboxylic acids is 3. The number of hydrogen-bond acceptors (Lipinski definition) is 8. The Morgan fingerprint density at radius 1 is 0.625 bits per heavy atom. The van der Waals surface area contributed by atoms with Gasteiger partial charge in [-0.1, -0.05) is 112 Å². The summed E-state index contributed by atoms with van der Waals surface area (Å²) in [5.41, 5.74) is -2.19. The van der Waals surface area contributed by atoms with Crippen molar-refractivity contribution in [2.45, 2.75) is 258 Å². The van der Waals surface area contributed by atoms with Gasteiger partial charge >= 0.3 is 18.3 Å². The number of nitrogens with zero attached hydrogens (tertiary/aromatic N) is 2. The molecule has 56 heavy (non-hydrogen) atoms. The van der Waals surface area contributed by atoms with Gasteiger partial charge in [0.2, 0.25) is 6.41 Å². The molecule has 0 bridgehead atoms. The third kappa shape index (κ3) is 17.4. The molecule has 2 saturated carbocycles. The smallest absolute Gasteiger partial charge is 0.419 e. The standard InChI is InChI=1S/C46H86N2O8/c1-10-14-15-16-19-22-29-36-47(39(49)53-43(6,7)11-2)40(50)54-44(8,9)38(5)31-24-21-18-17-20-23-30-37-48(41(51)55-45(12-3)32-25-26-33-45)42(52)56-46(13-4)34-27-28-35-46/h38-39,49H,10-37H2,1-9H3. The summed E-state index contributed by atoms with van der Waals surface area (Å²) in [6.45, 7) is 18.9. The van der Waals surface area contributed by atoms with Crippen molar-refractivity contribution < 1.29 is 38.4 Å². The molecule has 0 aromatic carbocycles. The molecule has 2 fully saturated rings. The summed E-state index contributed by atoms with van der Waals surface area (Å²) in [4.78, 5) is 43.1. The molecule has 10 heteroatoms. The first kappa shape index (κ1) is 50.1. The van der Waals surface area contributed by atoms with Crippen LogP contribution in [-0.4, -0.2) is 75.1 Å². The van der Waals surface area contributed by atoms with Gasteiger partial charge in [0.1, 0.15) is 16.8 Å². The monoisotopic (exact) mass is 795 g/mol. The lowest BCUT2D eigenvalue weighted by atomic mass is 9.87. The van der Waals surface area contributed by atoms with Gasteiger partial charge in [-0.15, -0.1) is 0 Å². The molecule has 2 aliphatic carbocycles. The van der Waals surface area contributed by atoms with E-state index in [4.69, 9.17) is 18.9 Å².